The van der Waals surface area contributed by atoms with Crippen LogP contribution in [0, 0.1) is 5.39 Å². The highest BCUT2D eigenvalue weighted by Gasteiger charge is 2.30. The maximum atomic E-state index is 9.15. The fraction of sp³-hybridized carbons (Fsp3) is 0.778. The van der Waals surface area contributed by atoms with Crippen molar-refractivity contribution in [2.75, 3.05) is 0 Å². The maximum absolute atomic E-state index is 9.15. The highest BCUT2D eigenvalue weighted by atomic mass is 16.6. The lowest BCUT2D eigenvalue weighted by molar-refractivity contribution is -0.0607. The molecule has 0 heterocycles. The predicted octanol–water partition coefficient (Wildman–Crippen LogP) is 2.94. The monoisotopic (exact) mass is 183 g/mol. The van der Waals surface area contributed by atoms with Crippen LogP contribution in [0.1, 0.15) is 39.0 Å². The minimum atomic E-state index is -0.313. The first-order valence-electron chi connectivity index (χ1n) is 4.59. The lowest BCUT2D eigenvalue weighted by Gasteiger charge is -2.32. The van der Waals surface area contributed by atoms with Gasteiger partial charge in [0.2, 0.25) is 5.39 Å². The number of hydrogen-bond acceptors (Lipinski definition) is 3. The second-order valence-corrected chi connectivity index (χ2v) is 3.70. The number of ether oxygens (including phenoxy) is 1. The molecule has 0 saturated heterocycles. The van der Waals surface area contributed by atoms with Gasteiger partial charge in [-0.05, 0) is 32.6 Å². The van der Waals surface area contributed by atoms with E-state index in [1.165, 1.54) is 6.42 Å². The first-order valence-corrected chi connectivity index (χ1v) is 4.59. The Bertz CT molecular complexity index is 236. The summed E-state index contributed by atoms with van der Waals surface area (Å²) in [5, 5.41) is 17.3. The molecule has 0 aromatic rings. The summed E-state index contributed by atoms with van der Waals surface area (Å²) < 4.78 is 5.28. The minimum absolute atomic E-state index is 0.288. The predicted molar refractivity (Wildman–Crippen MR) is 48.4 cm³/mol. The van der Waals surface area contributed by atoms with Crippen molar-refractivity contribution in [1.82, 2.24) is 0 Å². The summed E-state index contributed by atoms with van der Waals surface area (Å²) in [7, 11) is 0. The summed E-state index contributed by atoms with van der Waals surface area (Å²) >= 11 is 0. The van der Waals surface area contributed by atoms with E-state index in [1.807, 2.05) is 6.92 Å². The van der Waals surface area contributed by atoms with E-state index >= 15 is 0 Å². The smallest absolute Gasteiger partial charge is 0.429 e. The van der Waals surface area contributed by atoms with Crippen molar-refractivity contribution in [1.29, 1.82) is 5.39 Å². The number of nitrogens with zero attached hydrogens (tertiary/aromatic N) is 2. The summed E-state index contributed by atoms with van der Waals surface area (Å²) in [6.07, 6.45) is 6.26. The van der Waals surface area contributed by atoms with Crippen molar-refractivity contribution < 1.29 is 9.84 Å². The van der Waals surface area contributed by atoms with Crippen molar-refractivity contribution in [2.24, 2.45) is 0 Å². The van der Waals surface area contributed by atoms with Crippen molar-refractivity contribution in [3.8, 4) is 0 Å². The maximum Gasteiger partial charge on any atom is 0.429 e. The van der Waals surface area contributed by atoms with Crippen LogP contribution in [0.15, 0.2) is 12.1 Å². The van der Waals surface area contributed by atoms with E-state index in [0.29, 0.717) is 0 Å². The highest BCUT2D eigenvalue weighted by molar-refractivity contribution is 4.92. The molecule has 0 amide bonds. The zero-order valence-corrected chi connectivity index (χ0v) is 7.86. The fourth-order valence-electron chi connectivity index (χ4n) is 1.73. The van der Waals surface area contributed by atoms with Gasteiger partial charge in [-0.3, -0.25) is 0 Å². The second kappa shape index (κ2) is 4.13. The van der Waals surface area contributed by atoms with Gasteiger partial charge in [0.25, 0.3) is 0 Å². The Kier molecular flexibility index (Phi) is 3.13. The molecule has 1 fully saturated rings. The third-order valence-electron chi connectivity index (χ3n) is 2.43. The summed E-state index contributed by atoms with van der Waals surface area (Å²) in [6.45, 7) is 1.97. The van der Waals surface area contributed by atoms with Gasteiger partial charge in [0.15, 0.2) is 4.98 Å². The van der Waals surface area contributed by atoms with Gasteiger partial charge in [0.1, 0.15) is 5.60 Å². The summed E-state index contributed by atoms with van der Waals surface area (Å²) in [6, 6.07) is 0. The van der Waals surface area contributed by atoms with E-state index in [9.17, 15) is 0 Å². The number of aliphatic hydroxyl groups is 1. The average Bonchev–Trinajstić information content (AvgIpc) is 2.04. The minimum Gasteiger partial charge on any atom is -0.476 e. The van der Waals surface area contributed by atoms with Crippen LogP contribution in [0.3, 0.4) is 0 Å². The van der Waals surface area contributed by atoms with E-state index in [0.717, 1.165) is 31.9 Å². The first kappa shape index (κ1) is 9.85. The van der Waals surface area contributed by atoms with E-state index in [1.54, 1.807) is 0 Å². The Morgan fingerprint density at radius 1 is 1.46 bits per heavy atom. The second-order valence-electron chi connectivity index (χ2n) is 3.70. The first-order chi connectivity index (χ1) is 6.16. The zero-order valence-electron chi connectivity index (χ0n) is 7.86. The zero-order chi connectivity index (χ0) is 9.73. The largest absolute Gasteiger partial charge is 0.476 e. The Balaban J connectivity index is 2.51. The molecule has 0 spiro atoms. The van der Waals surface area contributed by atoms with Gasteiger partial charge in [-0.1, -0.05) is 6.42 Å². The van der Waals surface area contributed by atoms with E-state index < -0.39 is 0 Å². The summed E-state index contributed by atoms with van der Waals surface area (Å²) in [4.78, 5) is 2.70. The van der Waals surface area contributed by atoms with Crippen molar-refractivity contribution in [3.05, 3.63) is 17.1 Å². The standard InChI is InChI=1S/C9H14N2O2/c1-9(5-3-2-4-6-9)13-8(12)7-11-10/h7H,2-6H2,1H3/p+1/b8-7-. The lowest BCUT2D eigenvalue weighted by atomic mass is 9.86. The van der Waals surface area contributed by atoms with Gasteiger partial charge < -0.3 is 9.84 Å². The molecule has 72 valence electrons. The average molecular weight is 183 g/mol. The van der Waals surface area contributed by atoms with Crippen LogP contribution in [0.5, 0.6) is 0 Å². The molecule has 0 aromatic heterocycles. The number of rotatable bonds is 2. The molecule has 0 radical (unpaired) electrons. The molecule has 13 heavy (non-hydrogen) atoms. The molecule has 0 aromatic carbocycles. The molecule has 0 aliphatic heterocycles. The quantitative estimate of drug-likeness (QED) is 0.529. The van der Waals surface area contributed by atoms with Crippen LogP contribution in [0.2, 0.25) is 0 Å². The van der Waals surface area contributed by atoms with Gasteiger partial charge >= 0.3 is 12.1 Å². The molecule has 0 bridgehead atoms. The van der Waals surface area contributed by atoms with Crippen LogP contribution < -0.4 is 0 Å². The molecule has 1 aliphatic carbocycles. The molecular formula is C9H15N2O2+. The molecule has 1 saturated carbocycles. The molecular weight excluding hydrogens is 168 g/mol. The number of hydrogen-bond donors (Lipinski definition) is 1. The Morgan fingerprint density at radius 3 is 2.62 bits per heavy atom. The van der Waals surface area contributed by atoms with Gasteiger partial charge in [-0.25, -0.2) is 0 Å². The Morgan fingerprint density at radius 2 is 2.08 bits per heavy atom. The van der Waals surface area contributed by atoms with Crippen molar-refractivity contribution >= 4 is 0 Å². The summed E-state index contributed by atoms with van der Waals surface area (Å²) in [5.41, 5.74) is -0.288. The van der Waals surface area contributed by atoms with Crippen LogP contribution in [0.4, 0.5) is 0 Å². The number of aliphatic hydroxyl groups excluding tert-OH is 1. The third-order valence-corrected chi connectivity index (χ3v) is 2.43. The van der Waals surface area contributed by atoms with Gasteiger partial charge in [-0.2, -0.15) is 0 Å². The Hall–Kier alpha value is -1.24. The molecule has 4 heteroatoms. The highest BCUT2D eigenvalue weighted by Crippen LogP contribution is 2.32. The van der Waals surface area contributed by atoms with E-state index in [-0.39, 0.29) is 11.5 Å². The molecule has 1 aliphatic rings. The van der Waals surface area contributed by atoms with E-state index in [4.69, 9.17) is 15.2 Å². The van der Waals surface area contributed by atoms with Crippen LogP contribution in [-0.4, -0.2) is 10.7 Å². The third kappa shape index (κ3) is 2.94. The molecule has 1 rings (SSSR count). The van der Waals surface area contributed by atoms with Gasteiger partial charge in [-0.15, -0.1) is 0 Å². The van der Waals surface area contributed by atoms with Crippen molar-refractivity contribution in [2.45, 2.75) is 44.6 Å². The topological polar surface area (TPSA) is 57.6 Å². The molecule has 4 nitrogen and oxygen atoms in total. The normalized spacial score (nSPS) is 22.0. The Labute approximate surface area is 77.8 Å². The molecule has 0 unspecified atom stereocenters. The van der Waals surface area contributed by atoms with Gasteiger partial charge in [0, 0.05) is 0 Å². The lowest BCUT2D eigenvalue weighted by Crippen LogP contribution is -2.30. The van der Waals surface area contributed by atoms with E-state index in [2.05, 4.69) is 4.98 Å². The summed E-state index contributed by atoms with van der Waals surface area (Å²) in [5.74, 6) is -0.313. The number of diazo groups is 1. The SMILES string of the molecule is CC1(O/C(O)=C\[N+]#N)CCCCC1. The van der Waals surface area contributed by atoms with Crippen LogP contribution in [0.25, 0.3) is 4.98 Å². The van der Waals surface area contributed by atoms with Crippen LogP contribution in [-0.2, 0) is 4.74 Å². The molecule has 0 atom stereocenters. The van der Waals surface area contributed by atoms with Gasteiger partial charge in [0.05, 0.1) is 0 Å². The van der Waals surface area contributed by atoms with Crippen molar-refractivity contribution in [3.63, 3.8) is 0 Å². The van der Waals surface area contributed by atoms with Crippen LogP contribution >= 0.6 is 0 Å². The molecule has 1 N–H and O–H groups in total. The fourth-order valence-corrected chi connectivity index (χ4v) is 1.73.